The number of hydrogen-bond donors (Lipinski definition) is 0. The highest BCUT2D eigenvalue weighted by Gasteiger charge is 2.17. The number of carbonyl (C=O) groups excluding carboxylic acids is 1. The molecule has 0 aliphatic carbocycles. The van der Waals surface area contributed by atoms with Crippen LogP contribution in [0.4, 0.5) is 0 Å². The molecule has 0 N–H and O–H groups in total. The van der Waals surface area contributed by atoms with Gasteiger partial charge < -0.3 is 4.74 Å². The molecule has 0 aliphatic rings. The highest BCUT2D eigenvalue weighted by molar-refractivity contribution is 14.1. The van der Waals surface area contributed by atoms with E-state index in [0.717, 1.165) is 15.7 Å². The van der Waals surface area contributed by atoms with E-state index in [0.29, 0.717) is 5.69 Å². The lowest BCUT2D eigenvalue weighted by Crippen LogP contribution is -2.17. The average molecular weight is 484 g/mol. The molecule has 2 aromatic heterocycles. The zero-order chi connectivity index (χ0) is 18.7. The second kappa shape index (κ2) is 8.05. The van der Waals surface area contributed by atoms with Crippen molar-refractivity contribution in [1.82, 2.24) is 14.3 Å². The van der Waals surface area contributed by atoms with Gasteiger partial charge in [0, 0.05) is 22.4 Å². The molecule has 0 aliphatic heterocycles. The number of nitrogens with zero attached hydrogens (tertiary/aromatic N) is 3. The molecule has 0 saturated heterocycles. The predicted octanol–water partition coefficient (Wildman–Crippen LogP) is 3.79. The topological polar surface area (TPSA) is 66.1 Å². The lowest BCUT2D eigenvalue weighted by Gasteiger charge is -2.08. The molecule has 0 fully saturated rings. The Morgan fingerprint density at radius 3 is 2.54 bits per heavy atom. The van der Waals surface area contributed by atoms with Crippen LogP contribution in [0.25, 0.3) is 11.4 Å². The molecule has 3 aromatic rings. The van der Waals surface area contributed by atoms with Crippen LogP contribution in [-0.2, 0) is 9.16 Å². The van der Waals surface area contributed by atoms with Crippen molar-refractivity contribution >= 4 is 40.2 Å². The average Bonchev–Trinajstić information content (AvgIpc) is 3.03. The van der Waals surface area contributed by atoms with Gasteiger partial charge in [-0.05, 0) is 42.8 Å². The Bertz CT molecular complexity index is 996. The molecule has 134 valence electrons. The number of benzene rings is 1. The summed E-state index contributed by atoms with van der Waals surface area (Å²) in [6.45, 7) is 1.99. The number of pyridine rings is 1. The Morgan fingerprint density at radius 2 is 1.92 bits per heavy atom. The Labute approximate surface area is 168 Å². The minimum atomic E-state index is -0.512. The van der Waals surface area contributed by atoms with E-state index in [-0.39, 0.29) is 22.9 Å². The first kappa shape index (κ1) is 18.7. The summed E-state index contributed by atoms with van der Waals surface area (Å²) in [5, 5.41) is 4.33. The monoisotopic (exact) mass is 483 g/mol. The Kier molecular flexibility index (Phi) is 5.77. The van der Waals surface area contributed by atoms with Gasteiger partial charge >= 0.3 is 5.97 Å². The van der Waals surface area contributed by atoms with Crippen molar-refractivity contribution in [2.45, 2.75) is 11.4 Å². The maximum Gasteiger partial charge on any atom is 0.342 e. The van der Waals surface area contributed by atoms with Crippen LogP contribution in [0, 0.1) is 0 Å². The molecular formula is C18H15ClIN3O3. The van der Waals surface area contributed by atoms with E-state index in [1.807, 2.05) is 6.07 Å². The van der Waals surface area contributed by atoms with Gasteiger partial charge in [0.2, 0.25) is 0 Å². The molecular weight excluding hydrogens is 469 g/mol. The first-order valence-electron chi connectivity index (χ1n) is 7.84. The molecule has 2 heterocycles. The number of hydrogen-bond acceptors (Lipinski definition) is 4. The van der Waals surface area contributed by atoms with Gasteiger partial charge in [0.1, 0.15) is 10.7 Å². The lowest BCUT2D eigenvalue weighted by atomic mass is 10.2. The third kappa shape index (κ3) is 3.68. The van der Waals surface area contributed by atoms with E-state index in [4.69, 9.17) is 16.3 Å². The van der Waals surface area contributed by atoms with Gasteiger partial charge in [0.25, 0.3) is 5.56 Å². The molecule has 0 spiro atoms. The van der Waals surface area contributed by atoms with Crippen LogP contribution in [0.3, 0.4) is 0 Å². The molecule has 0 radical (unpaired) electrons. The van der Waals surface area contributed by atoms with E-state index < -0.39 is 5.97 Å². The van der Waals surface area contributed by atoms with Crippen LogP contribution in [-0.4, -0.2) is 26.9 Å². The van der Waals surface area contributed by atoms with Crippen molar-refractivity contribution in [1.29, 1.82) is 0 Å². The van der Waals surface area contributed by atoms with Crippen molar-refractivity contribution in [3.05, 3.63) is 75.4 Å². The zero-order valence-electron chi connectivity index (χ0n) is 13.9. The molecule has 8 heteroatoms. The molecule has 26 heavy (non-hydrogen) atoms. The number of aromatic nitrogens is 3. The molecule has 0 amide bonds. The van der Waals surface area contributed by atoms with Gasteiger partial charge in [0.15, 0.2) is 0 Å². The fourth-order valence-electron chi connectivity index (χ4n) is 2.43. The molecule has 3 rings (SSSR count). The first-order chi connectivity index (χ1) is 12.5. The molecule has 0 unspecified atom stereocenters. The smallest absolute Gasteiger partial charge is 0.342 e. The third-order valence-corrected chi connectivity index (χ3v) is 4.96. The molecule has 1 aromatic carbocycles. The largest absolute Gasteiger partial charge is 0.462 e. The van der Waals surface area contributed by atoms with Crippen molar-refractivity contribution in [2.75, 3.05) is 6.61 Å². The van der Waals surface area contributed by atoms with Gasteiger partial charge in [-0.3, -0.25) is 9.36 Å². The number of ether oxygens (including phenoxy) is 1. The zero-order valence-corrected chi connectivity index (χ0v) is 16.8. The molecule has 0 atom stereocenters. The Morgan fingerprint density at radius 1 is 1.23 bits per heavy atom. The second-order valence-electron chi connectivity index (χ2n) is 5.37. The van der Waals surface area contributed by atoms with Crippen LogP contribution in [0.1, 0.15) is 22.8 Å². The van der Waals surface area contributed by atoms with Crippen LogP contribution in [0.5, 0.6) is 0 Å². The number of esters is 1. The summed E-state index contributed by atoms with van der Waals surface area (Å²) in [7, 11) is 0. The van der Waals surface area contributed by atoms with Gasteiger partial charge in [-0.2, -0.15) is 5.10 Å². The van der Waals surface area contributed by atoms with Crippen molar-refractivity contribution in [2.24, 2.45) is 0 Å². The number of carbonyl (C=O) groups is 1. The molecule has 6 nitrogen and oxygen atoms in total. The van der Waals surface area contributed by atoms with E-state index in [9.17, 15) is 9.59 Å². The van der Waals surface area contributed by atoms with Gasteiger partial charge in [0.05, 0.1) is 18.5 Å². The number of alkyl halides is 1. The predicted molar refractivity (Wildman–Crippen MR) is 108 cm³/mol. The van der Waals surface area contributed by atoms with Crippen LogP contribution in [0.2, 0.25) is 5.15 Å². The first-order valence-corrected chi connectivity index (χ1v) is 9.74. The molecule has 0 bridgehead atoms. The number of rotatable bonds is 5. The number of halogens is 2. The summed E-state index contributed by atoms with van der Waals surface area (Å²) in [4.78, 5) is 24.1. The lowest BCUT2D eigenvalue weighted by molar-refractivity contribution is 0.0526. The Balaban J connectivity index is 1.91. The van der Waals surface area contributed by atoms with E-state index in [2.05, 4.69) is 27.7 Å². The standard InChI is InChI=1S/C18H15ClIN3O3/c1-2-26-18(25)15-11-21-23(17(15)19)14-5-3-13(4-6-14)22-8-7-12(10-20)9-16(22)24/h3-9,11H,2,10H2,1H3. The summed E-state index contributed by atoms with van der Waals surface area (Å²) < 4.78 is 8.74. The highest BCUT2D eigenvalue weighted by atomic mass is 127. The molecule has 0 saturated carbocycles. The fraction of sp³-hybridized carbons (Fsp3) is 0.167. The van der Waals surface area contributed by atoms with Gasteiger partial charge in [-0.15, -0.1) is 0 Å². The van der Waals surface area contributed by atoms with Crippen LogP contribution in [0.15, 0.2) is 53.6 Å². The summed E-state index contributed by atoms with van der Waals surface area (Å²) >= 11 is 8.47. The van der Waals surface area contributed by atoms with E-state index in [1.165, 1.54) is 10.9 Å². The summed E-state index contributed by atoms with van der Waals surface area (Å²) in [5.41, 5.74) is 2.51. The van der Waals surface area contributed by atoms with E-state index >= 15 is 0 Å². The SMILES string of the molecule is CCOC(=O)c1cnn(-c2ccc(-n3ccc(CI)cc3=O)cc2)c1Cl. The summed E-state index contributed by atoms with van der Waals surface area (Å²) in [6.07, 6.45) is 3.13. The van der Waals surface area contributed by atoms with Crippen LogP contribution >= 0.6 is 34.2 Å². The highest BCUT2D eigenvalue weighted by Crippen LogP contribution is 2.22. The van der Waals surface area contributed by atoms with Gasteiger partial charge in [-0.1, -0.05) is 34.2 Å². The van der Waals surface area contributed by atoms with Crippen molar-refractivity contribution in [3.63, 3.8) is 0 Å². The minimum Gasteiger partial charge on any atom is -0.462 e. The second-order valence-corrected chi connectivity index (χ2v) is 6.50. The maximum atomic E-state index is 12.2. The maximum absolute atomic E-state index is 12.2. The van der Waals surface area contributed by atoms with Gasteiger partial charge in [-0.25, -0.2) is 9.48 Å². The summed E-state index contributed by atoms with van der Waals surface area (Å²) in [6, 6.07) is 10.7. The van der Waals surface area contributed by atoms with Crippen molar-refractivity contribution < 1.29 is 9.53 Å². The minimum absolute atomic E-state index is 0.0892. The Hall–Kier alpha value is -2.13. The third-order valence-electron chi connectivity index (χ3n) is 3.72. The quantitative estimate of drug-likeness (QED) is 0.315. The van der Waals surface area contributed by atoms with E-state index in [1.54, 1.807) is 48.0 Å². The fourth-order valence-corrected chi connectivity index (χ4v) is 3.17. The van der Waals surface area contributed by atoms with Crippen LogP contribution < -0.4 is 5.56 Å². The normalized spacial score (nSPS) is 10.7. The van der Waals surface area contributed by atoms with Crippen molar-refractivity contribution in [3.8, 4) is 11.4 Å². The summed E-state index contributed by atoms with van der Waals surface area (Å²) in [5.74, 6) is -0.512.